The number of non-ortho nitro benzene ring substituents is 1. The van der Waals surface area contributed by atoms with E-state index in [1.54, 1.807) is 0 Å². The predicted molar refractivity (Wildman–Crippen MR) is 58.1 cm³/mol. The Hall–Kier alpha value is -2.64. The van der Waals surface area contributed by atoms with Gasteiger partial charge in [-0.2, -0.15) is 0 Å². The van der Waals surface area contributed by atoms with Gasteiger partial charge < -0.3 is 15.7 Å². The summed E-state index contributed by atoms with van der Waals surface area (Å²) in [6.07, 6.45) is 0. The maximum atomic E-state index is 11.0. The number of aromatic carboxylic acids is 1. The highest BCUT2D eigenvalue weighted by Crippen LogP contribution is 2.22. The van der Waals surface area contributed by atoms with E-state index in [0.29, 0.717) is 0 Å². The fourth-order valence-electron chi connectivity index (χ4n) is 1.12. The Labute approximate surface area is 95.4 Å². The number of nitro groups is 1. The fourth-order valence-corrected chi connectivity index (χ4v) is 1.12. The van der Waals surface area contributed by atoms with Crippen LogP contribution in [0.5, 0.6) is 0 Å². The van der Waals surface area contributed by atoms with E-state index < -0.39 is 16.9 Å². The van der Waals surface area contributed by atoms with Gasteiger partial charge in [0.05, 0.1) is 16.2 Å². The van der Waals surface area contributed by atoms with Crippen LogP contribution in [0, 0.1) is 10.1 Å². The third kappa shape index (κ3) is 2.91. The highest BCUT2D eigenvalue weighted by atomic mass is 16.6. The first-order valence-corrected chi connectivity index (χ1v) is 4.46. The lowest BCUT2D eigenvalue weighted by molar-refractivity contribution is -0.384. The normalized spacial score (nSPS) is 9.47. The Bertz CT molecular complexity index is 486. The van der Waals surface area contributed by atoms with Crippen LogP contribution in [0.25, 0.3) is 0 Å². The molecule has 0 aliphatic rings. The molecule has 8 heteroatoms. The number of carboxylic acid groups (broad SMARTS) is 1. The van der Waals surface area contributed by atoms with Crippen molar-refractivity contribution in [1.29, 1.82) is 0 Å². The zero-order chi connectivity index (χ0) is 13.0. The lowest BCUT2D eigenvalue weighted by atomic mass is 10.1. The van der Waals surface area contributed by atoms with Crippen LogP contribution in [-0.4, -0.2) is 29.1 Å². The summed E-state index contributed by atoms with van der Waals surface area (Å²) < 4.78 is 0. The average Bonchev–Trinajstić information content (AvgIpc) is 2.28. The van der Waals surface area contributed by atoms with Crippen molar-refractivity contribution in [3.8, 4) is 0 Å². The molecule has 0 saturated carbocycles. The van der Waals surface area contributed by atoms with Crippen molar-refractivity contribution in [2.45, 2.75) is 0 Å². The number of benzene rings is 1. The number of carbonyl (C=O) groups is 2. The molecule has 0 aromatic heterocycles. The summed E-state index contributed by atoms with van der Waals surface area (Å²) in [5, 5.41) is 23.8. The zero-order valence-electron chi connectivity index (χ0n) is 8.76. The van der Waals surface area contributed by atoms with E-state index in [0.717, 1.165) is 18.2 Å². The van der Waals surface area contributed by atoms with Crippen LogP contribution in [0.2, 0.25) is 0 Å². The van der Waals surface area contributed by atoms with Crippen molar-refractivity contribution in [3.63, 3.8) is 0 Å². The minimum atomic E-state index is -1.36. The first kappa shape index (κ1) is 12.4. The van der Waals surface area contributed by atoms with Crippen molar-refractivity contribution in [2.24, 2.45) is 0 Å². The summed E-state index contributed by atoms with van der Waals surface area (Å²) in [6.45, 7) is 0. The highest BCUT2D eigenvalue weighted by Gasteiger charge is 2.16. The van der Waals surface area contributed by atoms with Gasteiger partial charge in [0.25, 0.3) is 5.69 Å². The van der Waals surface area contributed by atoms with Gasteiger partial charge in [-0.15, -0.1) is 0 Å². The smallest absolute Gasteiger partial charge is 0.338 e. The van der Waals surface area contributed by atoms with Crippen LogP contribution in [0.3, 0.4) is 0 Å². The summed E-state index contributed by atoms with van der Waals surface area (Å²) in [4.78, 5) is 31.7. The van der Waals surface area contributed by atoms with Crippen LogP contribution in [0.4, 0.5) is 16.2 Å². The van der Waals surface area contributed by atoms with Gasteiger partial charge in [-0.1, -0.05) is 0 Å². The minimum Gasteiger partial charge on any atom is -0.478 e. The van der Waals surface area contributed by atoms with Gasteiger partial charge in [0.15, 0.2) is 0 Å². The number of anilines is 1. The minimum absolute atomic E-state index is 0.0116. The van der Waals surface area contributed by atoms with Crippen LogP contribution < -0.4 is 10.6 Å². The monoisotopic (exact) mass is 239 g/mol. The molecule has 1 aromatic carbocycles. The molecule has 0 spiro atoms. The van der Waals surface area contributed by atoms with Gasteiger partial charge in [-0.3, -0.25) is 10.1 Å². The number of hydrogen-bond donors (Lipinski definition) is 3. The van der Waals surface area contributed by atoms with Crippen molar-refractivity contribution in [1.82, 2.24) is 5.32 Å². The molecule has 0 aliphatic carbocycles. The number of nitrogens with zero attached hydrogens (tertiary/aromatic N) is 1. The van der Waals surface area contributed by atoms with E-state index in [2.05, 4.69) is 10.6 Å². The summed E-state index contributed by atoms with van der Waals surface area (Å²) in [6, 6.07) is 2.55. The van der Waals surface area contributed by atoms with Gasteiger partial charge in [0, 0.05) is 19.2 Å². The molecule has 0 atom stereocenters. The van der Waals surface area contributed by atoms with Crippen molar-refractivity contribution in [3.05, 3.63) is 33.9 Å². The maximum Gasteiger partial charge on any atom is 0.338 e. The molecule has 0 radical (unpaired) electrons. The van der Waals surface area contributed by atoms with Crippen LogP contribution >= 0.6 is 0 Å². The molecule has 0 unspecified atom stereocenters. The van der Waals surface area contributed by atoms with E-state index in [-0.39, 0.29) is 16.9 Å². The standard InChI is InChI=1S/C9H9N3O5/c1-10-9(15)11-7-3-2-5(12(16)17)4-6(7)8(13)14/h2-4H,1H3,(H,13,14)(H2,10,11,15). The van der Waals surface area contributed by atoms with E-state index in [9.17, 15) is 19.7 Å². The third-order valence-corrected chi connectivity index (χ3v) is 1.92. The molecule has 0 fully saturated rings. The van der Waals surface area contributed by atoms with Crippen LogP contribution in [0.15, 0.2) is 18.2 Å². The second-order valence-corrected chi connectivity index (χ2v) is 3.00. The molecule has 0 saturated heterocycles. The molecule has 1 aromatic rings. The number of rotatable bonds is 3. The Morgan fingerprint density at radius 2 is 2.06 bits per heavy atom. The number of carboxylic acids is 1. The molecule has 17 heavy (non-hydrogen) atoms. The number of urea groups is 1. The SMILES string of the molecule is CNC(=O)Nc1ccc([N+](=O)[O-])cc1C(=O)O. The van der Waals surface area contributed by atoms with Crippen LogP contribution in [0.1, 0.15) is 10.4 Å². The second-order valence-electron chi connectivity index (χ2n) is 3.00. The lowest BCUT2D eigenvalue weighted by Gasteiger charge is -2.07. The summed E-state index contributed by atoms with van der Waals surface area (Å²) in [5.41, 5.74) is -0.713. The first-order valence-electron chi connectivity index (χ1n) is 4.46. The molecular formula is C9H9N3O5. The molecule has 90 valence electrons. The second kappa shape index (κ2) is 4.92. The largest absolute Gasteiger partial charge is 0.478 e. The zero-order valence-corrected chi connectivity index (χ0v) is 8.76. The summed E-state index contributed by atoms with van der Waals surface area (Å²) >= 11 is 0. The molecule has 0 heterocycles. The Balaban J connectivity index is 3.17. The molecule has 0 bridgehead atoms. The van der Waals surface area contributed by atoms with Crippen LogP contribution in [-0.2, 0) is 0 Å². The quantitative estimate of drug-likeness (QED) is 0.537. The number of nitro benzene ring substituents is 1. The molecular weight excluding hydrogens is 230 g/mol. The molecule has 0 aliphatic heterocycles. The third-order valence-electron chi connectivity index (χ3n) is 1.92. The number of carbonyl (C=O) groups excluding carboxylic acids is 1. The Morgan fingerprint density at radius 3 is 2.53 bits per heavy atom. The average molecular weight is 239 g/mol. The number of nitrogens with one attached hydrogen (secondary N) is 2. The molecule has 2 amide bonds. The number of amides is 2. The van der Waals surface area contributed by atoms with Gasteiger partial charge >= 0.3 is 12.0 Å². The Morgan fingerprint density at radius 1 is 1.41 bits per heavy atom. The highest BCUT2D eigenvalue weighted by molar-refractivity contribution is 6.00. The van der Waals surface area contributed by atoms with Gasteiger partial charge in [-0.05, 0) is 6.07 Å². The van der Waals surface area contributed by atoms with Gasteiger partial charge in [-0.25, -0.2) is 9.59 Å². The fraction of sp³-hybridized carbons (Fsp3) is 0.111. The molecule has 8 nitrogen and oxygen atoms in total. The van der Waals surface area contributed by atoms with E-state index >= 15 is 0 Å². The summed E-state index contributed by atoms with van der Waals surface area (Å²) in [5.74, 6) is -1.36. The van der Waals surface area contributed by atoms with Crippen molar-refractivity contribution >= 4 is 23.4 Å². The van der Waals surface area contributed by atoms with Crippen molar-refractivity contribution < 1.29 is 19.6 Å². The maximum absolute atomic E-state index is 11.0. The molecule has 3 N–H and O–H groups in total. The lowest BCUT2D eigenvalue weighted by Crippen LogP contribution is -2.25. The van der Waals surface area contributed by atoms with E-state index in [1.807, 2.05) is 0 Å². The number of hydrogen-bond acceptors (Lipinski definition) is 4. The van der Waals surface area contributed by atoms with Crippen molar-refractivity contribution in [2.75, 3.05) is 12.4 Å². The van der Waals surface area contributed by atoms with Gasteiger partial charge in [0.2, 0.25) is 0 Å². The topological polar surface area (TPSA) is 122 Å². The predicted octanol–water partition coefficient (Wildman–Crippen LogP) is 1.04. The first-order chi connectivity index (χ1) is 7.95. The van der Waals surface area contributed by atoms with E-state index in [4.69, 9.17) is 5.11 Å². The van der Waals surface area contributed by atoms with E-state index in [1.165, 1.54) is 7.05 Å². The summed E-state index contributed by atoms with van der Waals surface area (Å²) in [7, 11) is 1.36. The Kier molecular flexibility index (Phi) is 3.60. The molecule has 1 rings (SSSR count). The van der Waals surface area contributed by atoms with Gasteiger partial charge in [0.1, 0.15) is 0 Å².